The molecule has 1 saturated carbocycles. The highest BCUT2D eigenvalue weighted by atomic mass is 16.5. The molecule has 5 heteroatoms. The highest BCUT2D eigenvalue weighted by molar-refractivity contribution is 5.97. The first kappa shape index (κ1) is 22.1. The summed E-state index contributed by atoms with van der Waals surface area (Å²) in [5, 5.41) is 3.03. The molecule has 1 heterocycles. The number of hydrogen-bond acceptors (Lipinski definition) is 4. The van der Waals surface area contributed by atoms with Crippen LogP contribution in [0.2, 0.25) is 0 Å². The lowest BCUT2D eigenvalue weighted by Gasteiger charge is -2.34. The van der Waals surface area contributed by atoms with Crippen LogP contribution in [-0.4, -0.2) is 49.3 Å². The Morgan fingerprint density at radius 1 is 1.14 bits per heavy atom. The average molecular weight is 403 g/mol. The van der Waals surface area contributed by atoms with Gasteiger partial charge in [-0.15, -0.1) is 0 Å². The molecular formula is C24H38N2O3. The zero-order valence-corrected chi connectivity index (χ0v) is 18.6. The van der Waals surface area contributed by atoms with Crippen molar-refractivity contribution in [1.82, 2.24) is 4.90 Å². The smallest absolute Gasteiger partial charge is 0.256 e. The van der Waals surface area contributed by atoms with E-state index in [9.17, 15) is 4.79 Å². The number of nitrogens with one attached hydrogen (secondary N) is 1. The molecule has 162 valence electrons. The maximum Gasteiger partial charge on any atom is 0.256 e. The predicted molar refractivity (Wildman–Crippen MR) is 117 cm³/mol. The lowest BCUT2D eigenvalue weighted by atomic mass is 9.92. The number of carbonyl (C=O) groups is 1. The normalized spacial score (nSPS) is 24.7. The standard InChI is InChI=1S/C24H38N2O3/c1-5-13-29-24(4,20-6-7-20)23(27)25-21-8-10-22(11-9-21)28-14-12-26-16-18(2)15-19(3)17-26/h8-11,18-20H,5-7,12-17H2,1-4H3,(H,25,27)/t18-,19-,24-/m1/s1. The summed E-state index contributed by atoms with van der Waals surface area (Å²) in [6, 6.07) is 7.67. The maximum absolute atomic E-state index is 12.8. The number of nitrogens with zero attached hydrogens (tertiary/aromatic N) is 1. The number of carbonyl (C=O) groups excluding carboxylic acids is 1. The van der Waals surface area contributed by atoms with Crippen molar-refractivity contribution in [2.24, 2.45) is 17.8 Å². The highest BCUT2D eigenvalue weighted by Gasteiger charge is 2.48. The quantitative estimate of drug-likeness (QED) is 0.622. The van der Waals surface area contributed by atoms with Gasteiger partial charge in [0.05, 0.1) is 0 Å². The Hall–Kier alpha value is -1.59. The van der Waals surface area contributed by atoms with Crippen molar-refractivity contribution >= 4 is 11.6 Å². The summed E-state index contributed by atoms with van der Waals surface area (Å²) in [4.78, 5) is 15.3. The summed E-state index contributed by atoms with van der Waals surface area (Å²) >= 11 is 0. The first-order valence-corrected chi connectivity index (χ1v) is 11.3. The van der Waals surface area contributed by atoms with Gasteiger partial charge < -0.3 is 14.8 Å². The zero-order chi connectivity index (χ0) is 20.9. The summed E-state index contributed by atoms with van der Waals surface area (Å²) in [6.07, 6.45) is 4.37. The summed E-state index contributed by atoms with van der Waals surface area (Å²) in [5.41, 5.74) is 0.0569. The van der Waals surface area contributed by atoms with Gasteiger partial charge in [0, 0.05) is 31.9 Å². The zero-order valence-electron chi connectivity index (χ0n) is 18.6. The van der Waals surface area contributed by atoms with Crippen LogP contribution in [0.1, 0.15) is 53.4 Å². The van der Waals surface area contributed by atoms with Crippen molar-refractivity contribution < 1.29 is 14.3 Å². The van der Waals surface area contributed by atoms with E-state index in [1.807, 2.05) is 31.2 Å². The van der Waals surface area contributed by atoms with Crippen LogP contribution in [0.5, 0.6) is 5.75 Å². The van der Waals surface area contributed by atoms with Gasteiger partial charge in [-0.3, -0.25) is 9.69 Å². The topological polar surface area (TPSA) is 50.8 Å². The molecule has 5 nitrogen and oxygen atoms in total. The van der Waals surface area contributed by atoms with Crippen LogP contribution in [0.3, 0.4) is 0 Å². The molecule has 0 aromatic heterocycles. The molecule has 0 spiro atoms. The van der Waals surface area contributed by atoms with Gasteiger partial charge in [0.1, 0.15) is 18.0 Å². The van der Waals surface area contributed by atoms with Gasteiger partial charge in [0.25, 0.3) is 5.91 Å². The number of likely N-dealkylation sites (tertiary alicyclic amines) is 1. The number of ether oxygens (including phenoxy) is 2. The largest absolute Gasteiger partial charge is 0.492 e. The van der Waals surface area contributed by atoms with Crippen molar-refractivity contribution in [2.75, 3.05) is 38.2 Å². The lowest BCUT2D eigenvalue weighted by Crippen LogP contribution is -2.45. The Bertz CT molecular complexity index is 649. The molecule has 0 unspecified atom stereocenters. The SMILES string of the molecule is CCCO[C@@](C)(C(=O)Nc1ccc(OCCN2C[C@H](C)C[C@@H](C)C2)cc1)C1CC1. The molecular weight excluding hydrogens is 364 g/mol. The second kappa shape index (κ2) is 9.94. The first-order chi connectivity index (χ1) is 13.9. The molecule has 0 bridgehead atoms. The minimum Gasteiger partial charge on any atom is -0.492 e. The highest BCUT2D eigenvalue weighted by Crippen LogP contribution is 2.42. The monoisotopic (exact) mass is 402 g/mol. The number of amides is 1. The molecule has 1 aliphatic heterocycles. The summed E-state index contributed by atoms with van der Waals surface area (Å²) in [5.74, 6) is 2.66. The van der Waals surface area contributed by atoms with Gasteiger partial charge in [-0.05, 0) is 74.6 Å². The summed E-state index contributed by atoms with van der Waals surface area (Å²) in [6.45, 7) is 13.2. The number of hydrogen-bond donors (Lipinski definition) is 1. The van der Waals surface area contributed by atoms with E-state index in [0.717, 1.165) is 49.1 Å². The van der Waals surface area contributed by atoms with Gasteiger partial charge >= 0.3 is 0 Å². The van der Waals surface area contributed by atoms with Crippen molar-refractivity contribution in [3.63, 3.8) is 0 Å². The Balaban J connectivity index is 1.46. The van der Waals surface area contributed by atoms with Gasteiger partial charge in [-0.2, -0.15) is 0 Å². The summed E-state index contributed by atoms with van der Waals surface area (Å²) < 4.78 is 11.9. The van der Waals surface area contributed by atoms with Crippen molar-refractivity contribution in [3.05, 3.63) is 24.3 Å². The van der Waals surface area contributed by atoms with Crippen LogP contribution in [0.25, 0.3) is 0 Å². The lowest BCUT2D eigenvalue weighted by molar-refractivity contribution is -0.142. The molecule has 3 rings (SSSR count). The van der Waals surface area contributed by atoms with Crippen molar-refractivity contribution in [3.8, 4) is 5.75 Å². The fourth-order valence-corrected chi connectivity index (χ4v) is 4.47. The number of anilines is 1. The molecule has 1 amide bonds. The molecule has 29 heavy (non-hydrogen) atoms. The van der Waals surface area contributed by atoms with Crippen LogP contribution >= 0.6 is 0 Å². The Labute approximate surface area is 176 Å². The van der Waals surface area contributed by atoms with Crippen LogP contribution in [-0.2, 0) is 9.53 Å². The average Bonchev–Trinajstić information content (AvgIpc) is 3.52. The van der Waals surface area contributed by atoms with Gasteiger partial charge in [0.2, 0.25) is 0 Å². The van der Waals surface area contributed by atoms with E-state index in [0.29, 0.717) is 19.1 Å². The van der Waals surface area contributed by atoms with Crippen LogP contribution < -0.4 is 10.1 Å². The van der Waals surface area contributed by atoms with Gasteiger partial charge in [-0.1, -0.05) is 20.8 Å². The Kier molecular flexibility index (Phi) is 7.58. The third kappa shape index (κ3) is 6.19. The second-order valence-electron chi connectivity index (χ2n) is 9.26. The fourth-order valence-electron chi connectivity index (χ4n) is 4.47. The van der Waals surface area contributed by atoms with E-state index >= 15 is 0 Å². The number of benzene rings is 1. The fraction of sp³-hybridized carbons (Fsp3) is 0.708. The molecule has 0 radical (unpaired) electrons. The van der Waals surface area contributed by atoms with Gasteiger partial charge in [-0.25, -0.2) is 0 Å². The molecule has 1 aromatic rings. The molecule has 1 aromatic carbocycles. The molecule has 1 saturated heterocycles. The molecule has 2 fully saturated rings. The third-order valence-electron chi connectivity index (χ3n) is 6.15. The van der Waals surface area contributed by atoms with E-state index in [4.69, 9.17) is 9.47 Å². The Morgan fingerprint density at radius 3 is 2.38 bits per heavy atom. The first-order valence-electron chi connectivity index (χ1n) is 11.3. The predicted octanol–water partition coefficient (Wildman–Crippen LogP) is 4.58. The third-order valence-corrected chi connectivity index (χ3v) is 6.15. The Morgan fingerprint density at radius 2 is 1.79 bits per heavy atom. The maximum atomic E-state index is 12.8. The van der Waals surface area contributed by atoms with E-state index in [1.165, 1.54) is 19.5 Å². The van der Waals surface area contributed by atoms with E-state index in [2.05, 4.69) is 31.0 Å². The second-order valence-corrected chi connectivity index (χ2v) is 9.26. The number of rotatable bonds is 10. The number of piperidine rings is 1. The molecule has 1 N–H and O–H groups in total. The van der Waals surface area contributed by atoms with E-state index in [-0.39, 0.29) is 5.91 Å². The molecule has 1 aliphatic carbocycles. The van der Waals surface area contributed by atoms with E-state index in [1.54, 1.807) is 0 Å². The van der Waals surface area contributed by atoms with E-state index < -0.39 is 5.60 Å². The van der Waals surface area contributed by atoms with Crippen LogP contribution in [0, 0.1) is 17.8 Å². The van der Waals surface area contributed by atoms with Crippen LogP contribution in [0.15, 0.2) is 24.3 Å². The van der Waals surface area contributed by atoms with Gasteiger partial charge in [0.15, 0.2) is 0 Å². The minimum atomic E-state index is -0.728. The van der Waals surface area contributed by atoms with Crippen molar-refractivity contribution in [1.29, 1.82) is 0 Å². The molecule has 2 aliphatic rings. The molecule has 3 atom stereocenters. The van der Waals surface area contributed by atoms with Crippen LogP contribution in [0.4, 0.5) is 5.69 Å². The van der Waals surface area contributed by atoms with Crippen molar-refractivity contribution in [2.45, 2.75) is 59.0 Å². The summed E-state index contributed by atoms with van der Waals surface area (Å²) in [7, 11) is 0. The minimum absolute atomic E-state index is 0.0459.